The fraction of sp³-hybridized carbons (Fsp3) is 0.909. The summed E-state index contributed by atoms with van der Waals surface area (Å²) in [6.07, 6.45) is 0.944. The highest BCUT2D eigenvalue weighted by molar-refractivity contribution is 5.69. The van der Waals surface area contributed by atoms with Gasteiger partial charge >= 0.3 is 6.09 Å². The molecule has 0 unspecified atom stereocenters. The fourth-order valence-electron chi connectivity index (χ4n) is 1.65. The fourth-order valence-corrected chi connectivity index (χ4v) is 1.65. The van der Waals surface area contributed by atoms with Crippen LogP contribution >= 0.6 is 0 Å². The van der Waals surface area contributed by atoms with E-state index in [9.17, 15) is 4.79 Å². The zero-order chi connectivity index (χ0) is 10.9. The molecular formula is C11H21NO2. The van der Waals surface area contributed by atoms with Crippen LogP contribution < -0.4 is 0 Å². The van der Waals surface area contributed by atoms with E-state index in [2.05, 4.69) is 13.8 Å². The third kappa shape index (κ3) is 2.63. The number of likely N-dealkylation sites (tertiary alicyclic amines) is 1. The number of rotatable bonds is 1. The van der Waals surface area contributed by atoms with Crippen molar-refractivity contribution in [1.82, 2.24) is 4.90 Å². The molecule has 0 bridgehead atoms. The number of hydrogen-bond donors (Lipinski definition) is 0. The maximum Gasteiger partial charge on any atom is 0.410 e. The topological polar surface area (TPSA) is 29.5 Å². The number of hydrogen-bond acceptors (Lipinski definition) is 2. The molecule has 3 nitrogen and oxygen atoms in total. The van der Waals surface area contributed by atoms with Gasteiger partial charge in [0, 0.05) is 12.6 Å². The van der Waals surface area contributed by atoms with Crippen molar-refractivity contribution < 1.29 is 9.53 Å². The van der Waals surface area contributed by atoms with Gasteiger partial charge in [0.2, 0.25) is 0 Å². The summed E-state index contributed by atoms with van der Waals surface area (Å²) in [5, 5.41) is 0. The molecule has 0 aliphatic carbocycles. The minimum Gasteiger partial charge on any atom is -0.444 e. The maximum atomic E-state index is 11.7. The molecule has 14 heavy (non-hydrogen) atoms. The molecule has 3 heteroatoms. The van der Waals surface area contributed by atoms with Gasteiger partial charge in [0.15, 0.2) is 0 Å². The first-order valence-electron chi connectivity index (χ1n) is 5.31. The van der Waals surface area contributed by atoms with E-state index in [0.717, 1.165) is 13.0 Å². The van der Waals surface area contributed by atoms with Gasteiger partial charge in [0.1, 0.15) is 5.60 Å². The lowest BCUT2D eigenvalue weighted by Gasteiger charge is -2.43. The molecule has 1 fully saturated rings. The lowest BCUT2D eigenvalue weighted by molar-refractivity contribution is -0.0143. The zero-order valence-corrected chi connectivity index (χ0v) is 9.83. The minimum atomic E-state index is -0.381. The van der Waals surface area contributed by atoms with Crippen LogP contribution in [-0.2, 0) is 4.74 Å². The predicted molar refractivity (Wildman–Crippen MR) is 56.2 cm³/mol. The van der Waals surface area contributed by atoms with Gasteiger partial charge in [-0.15, -0.1) is 0 Å². The highest BCUT2D eigenvalue weighted by atomic mass is 16.6. The molecular weight excluding hydrogens is 178 g/mol. The van der Waals surface area contributed by atoms with Crippen molar-refractivity contribution in [3.8, 4) is 0 Å². The summed E-state index contributed by atoms with van der Waals surface area (Å²) >= 11 is 0. The minimum absolute atomic E-state index is 0.164. The van der Waals surface area contributed by atoms with E-state index in [1.807, 2.05) is 25.7 Å². The first kappa shape index (κ1) is 11.3. The van der Waals surface area contributed by atoms with Crippen molar-refractivity contribution in [2.45, 2.75) is 52.7 Å². The quantitative estimate of drug-likeness (QED) is 0.649. The first-order valence-corrected chi connectivity index (χ1v) is 5.31. The summed E-state index contributed by atoms with van der Waals surface area (Å²) in [5.74, 6) is 0.524. The van der Waals surface area contributed by atoms with Crippen LogP contribution in [0.2, 0.25) is 0 Å². The molecule has 0 aromatic carbocycles. The van der Waals surface area contributed by atoms with E-state index < -0.39 is 0 Å². The van der Waals surface area contributed by atoms with Crippen molar-refractivity contribution in [3.05, 3.63) is 0 Å². The second-order valence-electron chi connectivity index (χ2n) is 5.27. The van der Waals surface area contributed by atoms with Crippen molar-refractivity contribution in [1.29, 1.82) is 0 Å². The standard InChI is InChI=1S/C11H21NO2/c1-8(2)9-6-7-12(9)10(13)14-11(3,4)5/h8-9H,6-7H2,1-5H3/t9-/m0/s1. The van der Waals surface area contributed by atoms with Crippen LogP contribution in [0.5, 0.6) is 0 Å². The van der Waals surface area contributed by atoms with Crippen molar-refractivity contribution in [2.24, 2.45) is 5.92 Å². The highest BCUT2D eigenvalue weighted by Gasteiger charge is 2.36. The Labute approximate surface area is 86.4 Å². The molecule has 1 aliphatic rings. The van der Waals surface area contributed by atoms with Crippen molar-refractivity contribution in [2.75, 3.05) is 6.54 Å². The maximum absolute atomic E-state index is 11.7. The van der Waals surface area contributed by atoms with Gasteiger partial charge in [-0.3, -0.25) is 0 Å². The SMILES string of the molecule is CC(C)[C@@H]1CCN1C(=O)OC(C)(C)C. The molecule has 0 spiro atoms. The summed E-state index contributed by atoms with van der Waals surface area (Å²) in [5.41, 5.74) is -0.381. The van der Waals surface area contributed by atoms with Gasteiger partial charge in [-0.25, -0.2) is 4.79 Å². The Kier molecular flexibility index (Phi) is 3.07. The summed E-state index contributed by atoms with van der Waals surface area (Å²) in [7, 11) is 0. The second-order valence-corrected chi connectivity index (χ2v) is 5.27. The third-order valence-corrected chi connectivity index (χ3v) is 2.46. The van der Waals surface area contributed by atoms with E-state index >= 15 is 0 Å². The molecule has 1 aliphatic heterocycles. The number of carbonyl (C=O) groups is 1. The lowest BCUT2D eigenvalue weighted by Crippen LogP contribution is -2.54. The van der Waals surface area contributed by atoms with Crippen LogP contribution in [-0.4, -0.2) is 29.2 Å². The largest absolute Gasteiger partial charge is 0.444 e. The third-order valence-electron chi connectivity index (χ3n) is 2.46. The Hall–Kier alpha value is -0.730. The van der Waals surface area contributed by atoms with Gasteiger partial charge < -0.3 is 9.64 Å². The molecule has 0 radical (unpaired) electrons. The van der Waals surface area contributed by atoms with Crippen molar-refractivity contribution in [3.63, 3.8) is 0 Å². The molecule has 1 atom stereocenters. The van der Waals surface area contributed by atoms with Gasteiger partial charge in [-0.05, 0) is 33.1 Å². The van der Waals surface area contributed by atoms with Crippen molar-refractivity contribution >= 4 is 6.09 Å². The number of ether oxygens (including phenoxy) is 1. The average molecular weight is 199 g/mol. The monoisotopic (exact) mass is 199 g/mol. The molecule has 0 N–H and O–H groups in total. The molecule has 0 aromatic heterocycles. The van der Waals surface area contributed by atoms with Crippen LogP contribution in [0.4, 0.5) is 4.79 Å². The Morgan fingerprint density at radius 2 is 2.00 bits per heavy atom. The smallest absolute Gasteiger partial charge is 0.410 e. The Balaban J connectivity index is 2.46. The second kappa shape index (κ2) is 3.79. The molecule has 0 aromatic rings. The van der Waals surface area contributed by atoms with E-state index in [4.69, 9.17) is 4.74 Å². The number of carbonyl (C=O) groups excluding carboxylic acids is 1. The van der Waals surface area contributed by atoms with Crippen LogP contribution in [0.3, 0.4) is 0 Å². The van der Waals surface area contributed by atoms with Crippen LogP contribution in [0.1, 0.15) is 41.0 Å². The molecule has 1 amide bonds. The van der Waals surface area contributed by atoms with Gasteiger partial charge in [-0.2, -0.15) is 0 Å². The molecule has 0 saturated carbocycles. The van der Waals surface area contributed by atoms with E-state index in [-0.39, 0.29) is 11.7 Å². The van der Waals surface area contributed by atoms with E-state index in [0.29, 0.717) is 12.0 Å². The first-order chi connectivity index (χ1) is 6.31. The van der Waals surface area contributed by atoms with Crippen LogP contribution in [0.25, 0.3) is 0 Å². The molecule has 1 heterocycles. The molecule has 1 rings (SSSR count). The molecule has 1 saturated heterocycles. The predicted octanol–water partition coefficient (Wildman–Crippen LogP) is 2.65. The summed E-state index contributed by atoms with van der Waals surface area (Å²) in [6.45, 7) is 10.8. The summed E-state index contributed by atoms with van der Waals surface area (Å²) in [6, 6.07) is 0.379. The zero-order valence-electron chi connectivity index (χ0n) is 9.83. The van der Waals surface area contributed by atoms with Crippen LogP contribution in [0, 0.1) is 5.92 Å². The van der Waals surface area contributed by atoms with Gasteiger partial charge in [0.25, 0.3) is 0 Å². The Bertz CT molecular complexity index is 218. The normalized spacial score (nSPS) is 22.1. The van der Waals surface area contributed by atoms with Gasteiger partial charge in [0.05, 0.1) is 0 Å². The summed E-state index contributed by atoms with van der Waals surface area (Å²) in [4.78, 5) is 13.5. The van der Waals surface area contributed by atoms with Gasteiger partial charge in [-0.1, -0.05) is 13.8 Å². The van der Waals surface area contributed by atoms with Crippen LogP contribution in [0.15, 0.2) is 0 Å². The number of nitrogens with zero attached hydrogens (tertiary/aromatic N) is 1. The Morgan fingerprint density at radius 3 is 2.29 bits per heavy atom. The molecule has 82 valence electrons. The van der Waals surface area contributed by atoms with E-state index in [1.54, 1.807) is 0 Å². The Morgan fingerprint density at radius 1 is 1.43 bits per heavy atom. The number of amides is 1. The highest BCUT2D eigenvalue weighted by Crippen LogP contribution is 2.26. The summed E-state index contributed by atoms with van der Waals surface area (Å²) < 4.78 is 5.31. The average Bonchev–Trinajstić information content (AvgIpc) is 1.75. The lowest BCUT2D eigenvalue weighted by atomic mass is 9.92. The van der Waals surface area contributed by atoms with E-state index in [1.165, 1.54) is 0 Å².